The molecule has 0 radical (unpaired) electrons. The minimum Gasteiger partial charge on any atom is -0.317 e. The number of nitrogens with two attached hydrogens (primary N) is 1. The summed E-state index contributed by atoms with van der Waals surface area (Å²) in [7, 11) is 0. The topological polar surface area (TPSA) is 38.9 Å². The van der Waals surface area contributed by atoms with Crippen molar-refractivity contribution in [2.75, 3.05) is 0 Å². The Morgan fingerprint density at radius 1 is 1.40 bits per heavy atom. The van der Waals surface area contributed by atoms with E-state index < -0.39 is 5.54 Å². The van der Waals surface area contributed by atoms with Crippen LogP contribution >= 0.6 is 11.3 Å². The zero-order chi connectivity index (χ0) is 10.9. The molecule has 0 aliphatic carbocycles. The van der Waals surface area contributed by atoms with Gasteiger partial charge in [-0.15, -0.1) is 0 Å². The Labute approximate surface area is 91.6 Å². The van der Waals surface area contributed by atoms with E-state index in [9.17, 15) is 4.39 Å². The summed E-state index contributed by atoms with van der Waals surface area (Å²) in [6.07, 6.45) is 1.19. The van der Waals surface area contributed by atoms with Gasteiger partial charge in [-0.05, 0) is 41.4 Å². The van der Waals surface area contributed by atoms with Crippen LogP contribution in [0.3, 0.4) is 0 Å². The lowest BCUT2D eigenvalue weighted by Crippen LogP contribution is -2.34. The highest BCUT2D eigenvalue weighted by atomic mass is 32.1. The van der Waals surface area contributed by atoms with Crippen molar-refractivity contribution in [1.29, 1.82) is 0 Å². The lowest BCUT2D eigenvalue weighted by molar-refractivity contribution is 0.569. The van der Waals surface area contributed by atoms with Gasteiger partial charge in [0, 0.05) is 0 Å². The first-order valence-corrected chi connectivity index (χ1v) is 5.48. The fraction of sp³-hybridized carbons (Fsp3) is 0.182. The van der Waals surface area contributed by atoms with Crippen LogP contribution in [-0.2, 0) is 5.54 Å². The number of thiophene rings is 1. The number of nitrogens with zero attached hydrogens (tertiary/aromatic N) is 1. The van der Waals surface area contributed by atoms with Crippen LogP contribution in [0.4, 0.5) is 4.39 Å². The molecule has 2 rings (SSSR count). The third-order valence-corrected chi connectivity index (χ3v) is 3.06. The van der Waals surface area contributed by atoms with E-state index in [1.165, 1.54) is 12.3 Å². The highest BCUT2D eigenvalue weighted by molar-refractivity contribution is 7.08. The molecule has 2 aromatic heterocycles. The second-order valence-electron chi connectivity index (χ2n) is 3.58. The molecule has 0 amide bonds. The quantitative estimate of drug-likeness (QED) is 0.848. The molecule has 0 saturated carbocycles. The lowest BCUT2D eigenvalue weighted by atomic mass is 9.92. The monoisotopic (exact) mass is 222 g/mol. The van der Waals surface area contributed by atoms with Crippen LogP contribution in [0.1, 0.15) is 18.2 Å². The van der Waals surface area contributed by atoms with Crippen molar-refractivity contribution in [3.63, 3.8) is 0 Å². The van der Waals surface area contributed by atoms with Crippen LogP contribution in [0.5, 0.6) is 0 Å². The third-order valence-electron chi connectivity index (χ3n) is 2.38. The van der Waals surface area contributed by atoms with E-state index in [4.69, 9.17) is 5.73 Å². The Kier molecular flexibility index (Phi) is 2.54. The van der Waals surface area contributed by atoms with Crippen LogP contribution in [0, 0.1) is 5.82 Å². The van der Waals surface area contributed by atoms with Crippen molar-refractivity contribution in [3.8, 4) is 0 Å². The van der Waals surface area contributed by atoms with Crippen LogP contribution in [0.25, 0.3) is 0 Å². The van der Waals surface area contributed by atoms with Crippen molar-refractivity contribution in [2.24, 2.45) is 5.73 Å². The van der Waals surface area contributed by atoms with E-state index in [0.29, 0.717) is 5.69 Å². The zero-order valence-electron chi connectivity index (χ0n) is 8.27. The predicted octanol–water partition coefficient (Wildman–Crippen LogP) is 2.50. The number of aromatic nitrogens is 1. The molecule has 0 saturated heterocycles. The highest BCUT2D eigenvalue weighted by Crippen LogP contribution is 2.26. The van der Waals surface area contributed by atoms with Gasteiger partial charge in [0.05, 0.1) is 17.4 Å². The van der Waals surface area contributed by atoms with E-state index in [0.717, 1.165) is 5.56 Å². The van der Waals surface area contributed by atoms with Gasteiger partial charge < -0.3 is 5.73 Å². The molecule has 15 heavy (non-hydrogen) atoms. The fourth-order valence-electron chi connectivity index (χ4n) is 1.39. The van der Waals surface area contributed by atoms with Gasteiger partial charge in [0.1, 0.15) is 5.82 Å². The molecule has 1 atom stereocenters. The second kappa shape index (κ2) is 3.72. The molecule has 0 spiro atoms. The molecule has 0 bridgehead atoms. The molecule has 2 heterocycles. The largest absolute Gasteiger partial charge is 0.317 e. The van der Waals surface area contributed by atoms with Gasteiger partial charge in [-0.25, -0.2) is 4.39 Å². The van der Waals surface area contributed by atoms with E-state index >= 15 is 0 Å². The first-order chi connectivity index (χ1) is 7.10. The lowest BCUT2D eigenvalue weighted by Gasteiger charge is -2.22. The summed E-state index contributed by atoms with van der Waals surface area (Å²) in [6, 6.07) is 4.95. The average Bonchev–Trinajstić information content (AvgIpc) is 2.71. The fourth-order valence-corrected chi connectivity index (χ4v) is 2.16. The molecule has 2 aromatic rings. The minimum absolute atomic E-state index is 0.347. The maximum absolute atomic E-state index is 12.7. The maximum Gasteiger partial charge on any atom is 0.141 e. The van der Waals surface area contributed by atoms with Gasteiger partial charge in [0.25, 0.3) is 0 Å². The number of hydrogen-bond donors (Lipinski definition) is 1. The van der Waals surface area contributed by atoms with E-state index in [-0.39, 0.29) is 5.82 Å². The molecular weight excluding hydrogens is 211 g/mol. The normalized spacial score (nSPS) is 14.9. The van der Waals surface area contributed by atoms with Gasteiger partial charge >= 0.3 is 0 Å². The van der Waals surface area contributed by atoms with Crippen LogP contribution in [-0.4, -0.2) is 4.98 Å². The maximum atomic E-state index is 12.7. The summed E-state index contributed by atoms with van der Waals surface area (Å²) >= 11 is 1.58. The van der Waals surface area contributed by atoms with Gasteiger partial charge in [0.15, 0.2) is 0 Å². The molecule has 2 nitrogen and oxygen atoms in total. The van der Waals surface area contributed by atoms with E-state index in [2.05, 4.69) is 4.98 Å². The number of halogens is 1. The van der Waals surface area contributed by atoms with Gasteiger partial charge in [0.2, 0.25) is 0 Å². The predicted molar refractivity (Wildman–Crippen MR) is 59.2 cm³/mol. The molecule has 78 valence electrons. The number of hydrogen-bond acceptors (Lipinski definition) is 3. The minimum atomic E-state index is -0.659. The molecule has 0 aliphatic heterocycles. The molecule has 2 N–H and O–H groups in total. The second-order valence-corrected chi connectivity index (χ2v) is 4.36. The molecule has 1 unspecified atom stereocenters. The first kappa shape index (κ1) is 10.3. The van der Waals surface area contributed by atoms with Crippen LogP contribution < -0.4 is 5.73 Å². The molecule has 0 aliphatic rings. The molecule has 0 aromatic carbocycles. The van der Waals surface area contributed by atoms with E-state index in [1.807, 2.05) is 23.8 Å². The number of pyridine rings is 1. The van der Waals surface area contributed by atoms with Gasteiger partial charge in [-0.3, -0.25) is 4.98 Å². The highest BCUT2D eigenvalue weighted by Gasteiger charge is 2.25. The standard InChI is InChI=1S/C11H11FN2S/c1-11(13,8-4-5-15-7-8)10-3-2-9(12)6-14-10/h2-7H,13H2,1H3. The van der Waals surface area contributed by atoms with Crippen LogP contribution in [0.2, 0.25) is 0 Å². The smallest absolute Gasteiger partial charge is 0.141 e. The van der Waals surface area contributed by atoms with Crippen LogP contribution in [0.15, 0.2) is 35.2 Å². The summed E-state index contributed by atoms with van der Waals surface area (Å²) in [4.78, 5) is 4.01. The van der Waals surface area contributed by atoms with Crippen molar-refractivity contribution in [1.82, 2.24) is 4.98 Å². The summed E-state index contributed by atoms with van der Waals surface area (Å²) in [5.74, 6) is -0.347. The average molecular weight is 222 g/mol. The summed E-state index contributed by atoms with van der Waals surface area (Å²) in [6.45, 7) is 1.87. The van der Waals surface area contributed by atoms with Crippen molar-refractivity contribution in [2.45, 2.75) is 12.5 Å². The molecule has 4 heteroatoms. The summed E-state index contributed by atoms with van der Waals surface area (Å²) in [5.41, 5.74) is 7.18. The number of rotatable bonds is 2. The van der Waals surface area contributed by atoms with E-state index in [1.54, 1.807) is 17.4 Å². The molecular formula is C11H11FN2S. The Bertz CT molecular complexity index is 434. The summed E-state index contributed by atoms with van der Waals surface area (Å²) in [5, 5.41) is 3.94. The van der Waals surface area contributed by atoms with Crippen molar-refractivity contribution >= 4 is 11.3 Å². The van der Waals surface area contributed by atoms with Crippen molar-refractivity contribution < 1.29 is 4.39 Å². The third kappa shape index (κ3) is 1.91. The Hall–Kier alpha value is -1.26. The zero-order valence-corrected chi connectivity index (χ0v) is 9.09. The Balaban J connectivity index is 2.41. The Morgan fingerprint density at radius 2 is 2.20 bits per heavy atom. The van der Waals surface area contributed by atoms with Gasteiger partial charge in [-0.1, -0.05) is 0 Å². The summed E-state index contributed by atoms with van der Waals surface area (Å²) < 4.78 is 12.7. The SMILES string of the molecule is CC(N)(c1ccsc1)c1ccc(F)cn1. The van der Waals surface area contributed by atoms with Crippen molar-refractivity contribution in [3.05, 3.63) is 52.2 Å². The Morgan fingerprint density at radius 3 is 2.73 bits per heavy atom. The molecule has 0 fully saturated rings. The van der Waals surface area contributed by atoms with Gasteiger partial charge in [-0.2, -0.15) is 11.3 Å². The first-order valence-electron chi connectivity index (χ1n) is 4.54.